The molecule has 1 amide bonds. The van der Waals surface area contributed by atoms with Crippen LogP contribution in [0.1, 0.15) is 24.4 Å². The largest absolute Gasteiger partial charge is 0.300 e. The highest BCUT2D eigenvalue weighted by molar-refractivity contribution is 7.16. The van der Waals surface area contributed by atoms with E-state index in [2.05, 4.69) is 15.5 Å². The summed E-state index contributed by atoms with van der Waals surface area (Å²) < 4.78 is 0. The van der Waals surface area contributed by atoms with Crippen LogP contribution >= 0.6 is 11.3 Å². The highest BCUT2D eigenvalue weighted by Gasteiger charge is 2.09. The number of nitrogens with zero attached hydrogens (tertiary/aromatic N) is 2. The van der Waals surface area contributed by atoms with Gasteiger partial charge in [0.25, 0.3) is 0 Å². The number of benzene rings is 1. The number of aromatic nitrogens is 2. The van der Waals surface area contributed by atoms with Gasteiger partial charge in [-0.3, -0.25) is 4.79 Å². The topological polar surface area (TPSA) is 54.9 Å². The molecule has 5 heteroatoms. The molecule has 0 atom stereocenters. The van der Waals surface area contributed by atoms with Gasteiger partial charge in [-0.1, -0.05) is 61.6 Å². The summed E-state index contributed by atoms with van der Waals surface area (Å²) in [6.07, 6.45) is 3.85. The summed E-state index contributed by atoms with van der Waals surface area (Å²) in [6.45, 7) is 3.68. The molecule has 2 aromatic rings. The Balaban J connectivity index is 2.02. The lowest BCUT2D eigenvalue weighted by atomic mass is 10.2. The zero-order chi connectivity index (χ0) is 13.7. The van der Waals surface area contributed by atoms with Gasteiger partial charge in [0.05, 0.1) is 0 Å². The molecule has 1 aromatic carbocycles. The van der Waals surface area contributed by atoms with Gasteiger partial charge in [-0.05, 0) is 11.6 Å². The van der Waals surface area contributed by atoms with Crippen LogP contribution in [-0.2, 0) is 4.79 Å². The summed E-state index contributed by atoms with van der Waals surface area (Å²) in [7, 11) is 0. The normalized spacial score (nSPS) is 11.1. The fourth-order valence-corrected chi connectivity index (χ4v) is 1.98. The van der Waals surface area contributed by atoms with Crippen LogP contribution in [0.5, 0.6) is 0 Å². The zero-order valence-corrected chi connectivity index (χ0v) is 11.6. The van der Waals surface area contributed by atoms with E-state index in [0.717, 1.165) is 10.6 Å². The molecule has 1 aromatic heterocycles. The van der Waals surface area contributed by atoms with Crippen molar-refractivity contribution in [2.75, 3.05) is 5.32 Å². The number of rotatable bonds is 4. The third-order valence-corrected chi connectivity index (χ3v) is 3.22. The molecule has 4 nitrogen and oxygen atoms in total. The number of nitrogens with one attached hydrogen (secondary N) is 1. The monoisotopic (exact) mass is 273 g/mol. The van der Waals surface area contributed by atoms with Gasteiger partial charge in [-0.15, -0.1) is 10.2 Å². The average Bonchev–Trinajstić information content (AvgIpc) is 2.85. The van der Waals surface area contributed by atoms with Crippen LogP contribution in [0, 0.1) is 5.92 Å². The third kappa shape index (κ3) is 3.99. The van der Waals surface area contributed by atoms with Gasteiger partial charge in [0.15, 0.2) is 0 Å². The minimum atomic E-state index is -0.0628. The second-order valence-electron chi connectivity index (χ2n) is 4.33. The van der Waals surface area contributed by atoms with Gasteiger partial charge < -0.3 is 5.32 Å². The van der Waals surface area contributed by atoms with Crippen LogP contribution in [0.2, 0.25) is 0 Å². The number of hydrogen-bond acceptors (Lipinski definition) is 4. The van der Waals surface area contributed by atoms with E-state index in [0.29, 0.717) is 5.13 Å². The molecular formula is C14H15N3OS. The zero-order valence-electron chi connectivity index (χ0n) is 10.8. The molecule has 0 aliphatic rings. The van der Waals surface area contributed by atoms with Crippen molar-refractivity contribution < 1.29 is 4.79 Å². The second kappa shape index (κ2) is 6.24. The Labute approximate surface area is 116 Å². The number of amides is 1. The molecule has 0 aliphatic heterocycles. The predicted octanol–water partition coefficient (Wildman–Crippen LogP) is 3.30. The molecule has 0 saturated heterocycles. The summed E-state index contributed by atoms with van der Waals surface area (Å²) in [6, 6.07) is 9.96. The number of carbonyl (C=O) groups is 1. The molecule has 1 N–H and O–H groups in total. The van der Waals surface area contributed by atoms with Crippen LogP contribution < -0.4 is 5.32 Å². The van der Waals surface area contributed by atoms with Crippen molar-refractivity contribution in [2.24, 2.45) is 5.92 Å². The third-order valence-electron chi connectivity index (χ3n) is 2.41. The molecular weight excluding hydrogens is 258 g/mol. The Morgan fingerprint density at radius 3 is 2.63 bits per heavy atom. The van der Waals surface area contributed by atoms with Crippen molar-refractivity contribution >= 4 is 34.5 Å². The summed E-state index contributed by atoms with van der Waals surface area (Å²) in [4.78, 5) is 11.5. The molecule has 0 spiro atoms. The van der Waals surface area contributed by atoms with Crippen molar-refractivity contribution in [1.29, 1.82) is 0 Å². The first-order valence-corrected chi connectivity index (χ1v) is 6.84. The Bertz CT molecular complexity index is 575. The Kier molecular flexibility index (Phi) is 4.41. The lowest BCUT2D eigenvalue weighted by Gasteiger charge is -2.02. The highest BCUT2D eigenvalue weighted by atomic mass is 32.1. The smallest absolute Gasteiger partial charge is 0.228 e. The van der Waals surface area contributed by atoms with Crippen molar-refractivity contribution in [3.05, 3.63) is 40.9 Å². The van der Waals surface area contributed by atoms with E-state index < -0.39 is 0 Å². The van der Waals surface area contributed by atoms with Crippen LogP contribution in [0.25, 0.3) is 12.2 Å². The van der Waals surface area contributed by atoms with Crippen molar-refractivity contribution in [1.82, 2.24) is 10.2 Å². The molecule has 0 aliphatic carbocycles. The number of anilines is 1. The summed E-state index contributed by atoms with van der Waals surface area (Å²) in [5, 5.41) is 12.0. The average molecular weight is 273 g/mol. The maximum atomic E-state index is 11.5. The Hall–Kier alpha value is -2.01. The maximum Gasteiger partial charge on any atom is 0.228 e. The first-order chi connectivity index (χ1) is 9.15. The Morgan fingerprint density at radius 1 is 1.21 bits per heavy atom. The van der Waals surface area contributed by atoms with Gasteiger partial charge in [-0.2, -0.15) is 0 Å². The van der Waals surface area contributed by atoms with E-state index in [-0.39, 0.29) is 11.8 Å². The fourth-order valence-electron chi connectivity index (χ4n) is 1.33. The van der Waals surface area contributed by atoms with E-state index in [1.165, 1.54) is 11.3 Å². The first-order valence-electron chi connectivity index (χ1n) is 6.02. The standard InChI is InChI=1S/C14H15N3OS/c1-10(2)13(18)15-14-17-16-12(19-14)9-8-11-6-4-3-5-7-11/h3-10H,1-2H3,(H,15,17,18)/b9-8+. The Morgan fingerprint density at radius 2 is 1.95 bits per heavy atom. The van der Waals surface area contributed by atoms with Gasteiger partial charge >= 0.3 is 0 Å². The lowest BCUT2D eigenvalue weighted by Crippen LogP contribution is -2.17. The molecule has 0 radical (unpaired) electrons. The predicted molar refractivity (Wildman–Crippen MR) is 78.7 cm³/mol. The summed E-state index contributed by atoms with van der Waals surface area (Å²) in [5.41, 5.74) is 1.10. The van der Waals surface area contributed by atoms with Gasteiger partial charge in [0.2, 0.25) is 11.0 Å². The van der Waals surface area contributed by atoms with Gasteiger partial charge in [0.1, 0.15) is 5.01 Å². The summed E-state index contributed by atoms with van der Waals surface area (Å²) >= 11 is 1.36. The molecule has 0 saturated carbocycles. The molecule has 0 fully saturated rings. The van der Waals surface area contributed by atoms with Crippen molar-refractivity contribution in [2.45, 2.75) is 13.8 Å². The van der Waals surface area contributed by atoms with E-state index in [1.54, 1.807) is 0 Å². The van der Waals surface area contributed by atoms with E-state index in [9.17, 15) is 4.79 Å². The van der Waals surface area contributed by atoms with Crippen LogP contribution in [0.4, 0.5) is 5.13 Å². The van der Waals surface area contributed by atoms with Crippen LogP contribution in [-0.4, -0.2) is 16.1 Å². The van der Waals surface area contributed by atoms with Crippen LogP contribution in [0.15, 0.2) is 30.3 Å². The highest BCUT2D eigenvalue weighted by Crippen LogP contribution is 2.18. The lowest BCUT2D eigenvalue weighted by molar-refractivity contribution is -0.118. The van der Waals surface area contributed by atoms with Crippen molar-refractivity contribution in [3.8, 4) is 0 Å². The first kappa shape index (κ1) is 13.4. The maximum absolute atomic E-state index is 11.5. The SMILES string of the molecule is CC(C)C(=O)Nc1nnc(/C=C/c2ccccc2)s1. The molecule has 2 rings (SSSR count). The minimum Gasteiger partial charge on any atom is -0.300 e. The number of carbonyl (C=O) groups excluding carboxylic acids is 1. The molecule has 98 valence electrons. The quantitative estimate of drug-likeness (QED) is 0.929. The summed E-state index contributed by atoms with van der Waals surface area (Å²) in [5.74, 6) is -0.109. The van der Waals surface area contributed by atoms with E-state index in [4.69, 9.17) is 0 Å². The van der Waals surface area contributed by atoms with Gasteiger partial charge in [-0.25, -0.2) is 0 Å². The van der Waals surface area contributed by atoms with Gasteiger partial charge in [0, 0.05) is 5.92 Å². The van der Waals surface area contributed by atoms with E-state index >= 15 is 0 Å². The molecule has 0 bridgehead atoms. The van der Waals surface area contributed by atoms with Crippen LogP contribution in [0.3, 0.4) is 0 Å². The minimum absolute atomic E-state index is 0.0465. The molecule has 19 heavy (non-hydrogen) atoms. The second-order valence-corrected chi connectivity index (χ2v) is 5.34. The fraction of sp³-hybridized carbons (Fsp3) is 0.214. The van der Waals surface area contributed by atoms with Crippen molar-refractivity contribution in [3.63, 3.8) is 0 Å². The van der Waals surface area contributed by atoms with E-state index in [1.807, 2.05) is 56.3 Å². The molecule has 0 unspecified atom stereocenters. The molecule has 1 heterocycles. The number of hydrogen-bond donors (Lipinski definition) is 1.